The van der Waals surface area contributed by atoms with Crippen molar-refractivity contribution in [1.82, 2.24) is 19.7 Å². The second kappa shape index (κ2) is 9.45. The second-order valence-electron chi connectivity index (χ2n) is 11.1. The molecule has 2 aromatic carbocycles. The predicted octanol–water partition coefficient (Wildman–Crippen LogP) is 3.67. The summed E-state index contributed by atoms with van der Waals surface area (Å²) in [6.45, 7) is 5.71. The van der Waals surface area contributed by atoms with Crippen LogP contribution in [0.15, 0.2) is 47.4 Å². The van der Waals surface area contributed by atoms with Gasteiger partial charge in [-0.15, -0.1) is 0 Å². The molecule has 2 amide bonds. The normalized spacial score (nSPS) is 18.3. The van der Waals surface area contributed by atoms with Gasteiger partial charge in [0.05, 0.1) is 5.56 Å². The first-order valence-corrected chi connectivity index (χ1v) is 13.4. The molecule has 1 aromatic heterocycles. The Labute approximate surface area is 217 Å². The van der Waals surface area contributed by atoms with Crippen LogP contribution in [0.25, 0.3) is 21.9 Å². The number of fused-ring (bicyclic) bond motifs is 1. The molecule has 1 saturated heterocycles. The van der Waals surface area contributed by atoms with E-state index in [1.807, 2.05) is 48.2 Å². The van der Waals surface area contributed by atoms with Crippen molar-refractivity contribution in [2.45, 2.75) is 45.2 Å². The largest absolute Gasteiger partial charge is 0.349 e. The van der Waals surface area contributed by atoms with Gasteiger partial charge < -0.3 is 19.7 Å². The quantitative estimate of drug-likeness (QED) is 0.563. The van der Waals surface area contributed by atoms with Crippen LogP contribution < -0.4 is 10.9 Å². The maximum atomic E-state index is 13.8. The smallest absolute Gasteiger partial charge is 0.258 e. The van der Waals surface area contributed by atoms with Gasteiger partial charge in [0, 0.05) is 61.3 Å². The molecular weight excluding hydrogens is 464 g/mol. The van der Waals surface area contributed by atoms with E-state index in [2.05, 4.69) is 17.3 Å². The van der Waals surface area contributed by atoms with Crippen LogP contribution in [0.2, 0.25) is 0 Å². The summed E-state index contributed by atoms with van der Waals surface area (Å²) in [6.07, 6.45) is 6.14. The molecule has 2 aliphatic carbocycles. The monoisotopic (exact) mass is 498 g/mol. The first-order valence-electron chi connectivity index (χ1n) is 13.4. The summed E-state index contributed by atoms with van der Waals surface area (Å²) in [5.41, 5.74) is 4.04. The Morgan fingerprint density at radius 2 is 1.70 bits per heavy atom. The number of nitrogens with zero attached hydrogens (tertiary/aromatic N) is 3. The molecular formula is C30H34N4O3. The number of aromatic nitrogens is 1. The number of rotatable bonds is 6. The lowest BCUT2D eigenvalue weighted by Gasteiger charge is -2.32. The molecule has 7 nitrogen and oxygen atoms in total. The number of piperazine rings is 1. The average molecular weight is 499 g/mol. The minimum atomic E-state index is -0.0570. The van der Waals surface area contributed by atoms with Crippen LogP contribution in [0.1, 0.15) is 52.0 Å². The van der Waals surface area contributed by atoms with Crippen LogP contribution >= 0.6 is 0 Å². The molecule has 7 heteroatoms. The van der Waals surface area contributed by atoms with E-state index >= 15 is 0 Å². The Hall–Kier alpha value is -3.45. The van der Waals surface area contributed by atoms with Crippen LogP contribution in [0.5, 0.6) is 0 Å². The van der Waals surface area contributed by atoms with Crippen LogP contribution in [0, 0.1) is 12.8 Å². The van der Waals surface area contributed by atoms with E-state index in [1.54, 1.807) is 10.8 Å². The molecule has 2 saturated carbocycles. The van der Waals surface area contributed by atoms with Crippen LogP contribution in [-0.2, 0) is 6.54 Å². The molecule has 3 aromatic rings. The zero-order valence-electron chi connectivity index (χ0n) is 21.6. The van der Waals surface area contributed by atoms with Crippen LogP contribution in [-0.4, -0.2) is 65.4 Å². The fraction of sp³-hybridized carbons (Fsp3) is 0.433. The number of nitrogens with one attached hydrogen (secondary N) is 1. The van der Waals surface area contributed by atoms with Crippen molar-refractivity contribution in [1.29, 1.82) is 0 Å². The highest BCUT2D eigenvalue weighted by atomic mass is 16.2. The van der Waals surface area contributed by atoms with E-state index in [0.29, 0.717) is 53.5 Å². The number of hydrogen-bond acceptors (Lipinski definition) is 4. The number of likely N-dealkylation sites (N-methyl/N-ethyl adjacent to an activating group) is 1. The third kappa shape index (κ3) is 4.92. The van der Waals surface area contributed by atoms with Gasteiger partial charge in [0.15, 0.2) is 0 Å². The lowest BCUT2D eigenvalue weighted by atomic mass is 9.94. The molecule has 0 atom stereocenters. The lowest BCUT2D eigenvalue weighted by molar-refractivity contribution is 0.0665. The topological polar surface area (TPSA) is 74.6 Å². The fourth-order valence-electron chi connectivity index (χ4n) is 5.20. The standard InChI is InChI=1S/C30H34N4O3/c1-19-3-6-22(28(35)31-23-8-9-23)16-25(19)21-7-10-24-26(15-21)27(18-34(29(24)36)17-20-4-5-20)30(37)33-13-11-32(2)12-14-33/h3,6-7,10,15-16,18,20,23H,4-5,8-9,11-14,17H2,1-2H3,(H,31,35). The predicted molar refractivity (Wildman–Crippen MR) is 145 cm³/mol. The minimum Gasteiger partial charge on any atom is -0.349 e. The summed E-state index contributed by atoms with van der Waals surface area (Å²) < 4.78 is 1.75. The minimum absolute atomic E-state index is 0.0194. The van der Waals surface area contributed by atoms with Crippen molar-refractivity contribution in [2.75, 3.05) is 33.2 Å². The molecule has 0 spiro atoms. The van der Waals surface area contributed by atoms with Crippen molar-refractivity contribution in [3.05, 3.63) is 69.6 Å². The van der Waals surface area contributed by atoms with Crippen LogP contribution in [0.3, 0.4) is 0 Å². The molecule has 3 aliphatic rings. The highest BCUT2D eigenvalue weighted by molar-refractivity contribution is 6.07. The molecule has 3 fully saturated rings. The Bertz CT molecular complexity index is 1440. The van der Waals surface area contributed by atoms with Crippen molar-refractivity contribution >= 4 is 22.6 Å². The highest BCUT2D eigenvalue weighted by Crippen LogP contribution is 2.32. The number of carbonyl (C=O) groups is 2. The fourth-order valence-corrected chi connectivity index (χ4v) is 5.20. The zero-order chi connectivity index (χ0) is 25.7. The zero-order valence-corrected chi connectivity index (χ0v) is 21.6. The van der Waals surface area contributed by atoms with Gasteiger partial charge in [0.1, 0.15) is 0 Å². The summed E-state index contributed by atoms with van der Waals surface area (Å²) in [6, 6.07) is 11.8. The van der Waals surface area contributed by atoms with E-state index < -0.39 is 0 Å². The Morgan fingerprint density at radius 3 is 2.41 bits per heavy atom. The Morgan fingerprint density at radius 1 is 0.946 bits per heavy atom. The van der Waals surface area contributed by atoms with E-state index in [0.717, 1.165) is 55.5 Å². The van der Waals surface area contributed by atoms with Gasteiger partial charge in [-0.25, -0.2) is 0 Å². The summed E-state index contributed by atoms with van der Waals surface area (Å²) in [4.78, 5) is 44.1. The van der Waals surface area contributed by atoms with E-state index in [1.165, 1.54) is 0 Å². The molecule has 0 bridgehead atoms. The first kappa shape index (κ1) is 23.9. The number of amides is 2. The van der Waals surface area contributed by atoms with Crippen molar-refractivity contribution in [3.63, 3.8) is 0 Å². The average Bonchev–Trinajstić information content (AvgIpc) is 3.83. The number of pyridine rings is 1. The van der Waals surface area contributed by atoms with E-state index in [-0.39, 0.29) is 17.4 Å². The van der Waals surface area contributed by atoms with Crippen LogP contribution in [0.4, 0.5) is 0 Å². The van der Waals surface area contributed by atoms with Gasteiger partial charge in [-0.05, 0) is 86.5 Å². The molecule has 192 valence electrons. The summed E-state index contributed by atoms with van der Waals surface area (Å²) in [7, 11) is 2.07. The molecule has 37 heavy (non-hydrogen) atoms. The molecule has 0 unspecified atom stereocenters. The molecule has 0 radical (unpaired) electrons. The van der Waals surface area contributed by atoms with E-state index in [4.69, 9.17) is 0 Å². The number of benzene rings is 2. The van der Waals surface area contributed by atoms with E-state index in [9.17, 15) is 14.4 Å². The molecule has 1 N–H and O–H groups in total. The van der Waals surface area contributed by atoms with Crippen molar-refractivity contribution < 1.29 is 9.59 Å². The van der Waals surface area contributed by atoms with Gasteiger partial charge in [-0.3, -0.25) is 14.4 Å². The molecule has 2 heterocycles. The van der Waals surface area contributed by atoms with Crippen molar-refractivity contribution in [3.8, 4) is 11.1 Å². The Kier molecular flexibility index (Phi) is 6.11. The van der Waals surface area contributed by atoms with Gasteiger partial charge in [0.2, 0.25) is 0 Å². The Balaban J connectivity index is 1.44. The first-order chi connectivity index (χ1) is 17.9. The SMILES string of the molecule is Cc1ccc(C(=O)NC2CC2)cc1-c1ccc2c(=O)n(CC3CC3)cc(C(=O)N3CCN(C)CC3)c2c1. The van der Waals surface area contributed by atoms with Crippen molar-refractivity contribution in [2.24, 2.45) is 5.92 Å². The third-order valence-electron chi connectivity index (χ3n) is 7.98. The highest BCUT2D eigenvalue weighted by Gasteiger charge is 2.27. The third-order valence-corrected chi connectivity index (χ3v) is 7.98. The van der Waals surface area contributed by atoms with Gasteiger partial charge in [-0.1, -0.05) is 12.1 Å². The number of carbonyl (C=O) groups excluding carboxylic acids is 2. The number of aryl methyl sites for hydroxylation is 1. The summed E-state index contributed by atoms with van der Waals surface area (Å²) >= 11 is 0. The lowest BCUT2D eigenvalue weighted by Crippen LogP contribution is -2.47. The molecule has 1 aliphatic heterocycles. The second-order valence-corrected chi connectivity index (χ2v) is 11.1. The van der Waals surface area contributed by atoms with Gasteiger partial charge in [0.25, 0.3) is 17.4 Å². The number of hydrogen-bond donors (Lipinski definition) is 1. The summed E-state index contributed by atoms with van der Waals surface area (Å²) in [5.74, 6) is 0.445. The maximum absolute atomic E-state index is 13.8. The van der Waals surface area contributed by atoms with Gasteiger partial charge in [-0.2, -0.15) is 0 Å². The van der Waals surface area contributed by atoms with Gasteiger partial charge >= 0.3 is 0 Å². The maximum Gasteiger partial charge on any atom is 0.258 e. The molecule has 6 rings (SSSR count). The summed E-state index contributed by atoms with van der Waals surface area (Å²) in [5, 5.41) is 4.32.